The number of anilines is 1. The van der Waals surface area contributed by atoms with Crippen molar-refractivity contribution in [3.8, 4) is 11.3 Å². The van der Waals surface area contributed by atoms with Crippen molar-refractivity contribution in [2.75, 3.05) is 5.32 Å². The maximum absolute atomic E-state index is 12.3. The van der Waals surface area contributed by atoms with Crippen molar-refractivity contribution in [1.29, 1.82) is 0 Å². The van der Waals surface area contributed by atoms with E-state index >= 15 is 0 Å². The number of carbonyl (C=O) groups is 1. The first-order valence-electron chi connectivity index (χ1n) is 10.2. The summed E-state index contributed by atoms with van der Waals surface area (Å²) in [6.07, 6.45) is 3.48. The molecule has 154 valence electrons. The van der Waals surface area contributed by atoms with Gasteiger partial charge in [0.25, 0.3) is 0 Å². The molecule has 0 unspecified atom stereocenters. The Morgan fingerprint density at radius 1 is 1.10 bits per heavy atom. The van der Waals surface area contributed by atoms with Crippen LogP contribution in [0.5, 0.6) is 0 Å². The normalized spacial score (nSPS) is 11.3. The van der Waals surface area contributed by atoms with Crippen LogP contribution in [0.1, 0.15) is 37.6 Å². The van der Waals surface area contributed by atoms with Gasteiger partial charge in [0.05, 0.1) is 6.20 Å². The molecule has 0 radical (unpaired) electrons. The summed E-state index contributed by atoms with van der Waals surface area (Å²) in [6, 6.07) is 13.8. The van der Waals surface area contributed by atoms with Gasteiger partial charge in [0, 0.05) is 31.0 Å². The van der Waals surface area contributed by atoms with Crippen LogP contribution in [0.2, 0.25) is 0 Å². The number of rotatable bonds is 7. The second-order valence-corrected chi connectivity index (χ2v) is 7.88. The number of hydrogen-bond donors (Lipinski definition) is 1. The number of fused-ring (bicyclic) bond motifs is 1. The Hall–Kier alpha value is -3.41. The minimum absolute atomic E-state index is 0.104. The van der Waals surface area contributed by atoms with Crippen molar-refractivity contribution >= 4 is 22.7 Å². The third-order valence-corrected chi connectivity index (χ3v) is 4.78. The van der Waals surface area contributed by atoms with Crippen LogP contribution in [0.3, 0.4) is 0 Å². The summed E-state index contributed by atoms with van der Waals surface area (Å²) in [5.41, 5.74) is 4.42. The number of oxazole rings is 2. The highest BCUT2D eigenvalue weighted by Crippen LogP contribution is 2.23. The highest BCUT2D eigenvalue weighted by Gasteiger charge is 2.11. The smallest absolute Gasteiger partial charge is 0.224 e. The van der Waals surface area contributed by atoms with Gasteiger partial charge in [-0.25, -0.2) is 9.97 Å². The summed E-state index contributed by atoms with van der Waals surface area (Å²) in [5.74, 6) is 2.39. The second-order valence-electron chi connectivity index (χ2n) is 7.88. The number of amides is 1. The molecular weight excluding hydrogens is 378 g/mol. The van der Waals surface area contributed by atoms with E-state index in [1.54, 1.807) is 31.3 Å². The molecule has 0 spiro atoms. The van der Waals surface area contributed by atoms with E-state index in [0.717, 1.165) is 17.5 Å². The number of benzene rings is 2. The first kappa shape index (κ1) is 19.9. The first-order valence-corrected chi connectivity index (χ1v) is 10.2. The average molecular weight is 403 g/mol. The Morgan fingerprint density at radius 3 is 2.67 bits per heavy atom. The van der Waals surface area contributed by atoms with Crippen LogP contribution in [-0.4, -0.2) is 15.9 Å². The van der Waals surface area contributed by atoms with E-state index in [-0.39, 0.29) is 12.3 Å². The number of hydrogen-bond acceptors (Lipinski definition) is 5. The summed E-state index contributed by atoms with van der Waals surface area (Å²) >= 11 is 0. The molecule has 6 nitrogen and oxygen atoms in total. The fraction of sp³-hybridized carbons (Fsp3) is 0.292. The lowest BCUT2D eigenvalue weighted by Gasteiger charge is -2.05. The molecule has 2 aromatic heterocycles. The predicted octanol–water partition coefficient (Wildman–Crippen LogP) is 5.56. The number of nitrogens with zero attached hydrogens (tertiary/aromatic N) is 2. The molecule has 2 heterocycles. The Morgan fingerprint density at radius 2 is 1.90 bits per heavy atom. The minimum Gasteiger partial charge on any atom is -0.441 e. The van der Waals surface area contributed by atoms with Crippen LogP contribution in [0, 0.1) is 12.8 Å². The zero-order valence-corrected chi connectivity index (χ0v) is 17.4. The van der Waals surface area contributed by atoms with Gasteiger partial charge in [0.15, 0.2) is 23.1 Å². The van der Waals surface area contributed by atoms with Gasteiger partial charge in [-0.1, -0.05) is 38.1 Å². The Kier molecular flexibility index (Phi) is 5.65. The largest absolute Gasteiger partial charge is 0.441 e. The average Bonchev–Trinajstić information content (AvgIpc) is 3.32. The highest BCUT2D eigenvalue weighted by atomic mass is 16.4. The van der Waals surface area contributed by atoms with Gasteiger partial charge in [-0.05, 0) is 36.1 Å². The second kappa shape index (κ2) is 8.53. The van der Waals surface area contributed by atoms with Gasteiger partial charge in [0.1, 0.15) is 5.52 Å². The third-order valence-electron chi connectivity index (χ3n) is 4.78. The van der Waals surface area contributed by atoms with Gasteiger partial charge < -0.3 is 14.2 Å². The zero-order chi connectivity index (χ0) is 21.1. The summed E-state index contributed by atoms with van der Waals surface area (Å²) < 4.78 is 11.3. The Balaban J connectivity index is 1.33. The molecule has 1 amide bonds. The summed E-state index contributed by atoms with van der Waals surface area (Å²) in [6.45, 7) is 6.21. The molecule has 0 fully saturated rings. The molecule has 0 saturated carbocycles. The number of nitrogens with one attached hydrogen (secondary N) is 1. The van der Waals surface area contributed by atoms with Crippen LogP contribution >= 0.6 is 0 Å². The monoisotopic (exact) mass is 403 g/mol. The molecule has 30 heavy (non-hydrogen) atoms. The van der Waals surface area contributed by atoms with Gasteiger partial charge in [-0.2, -0.15) is 0 Å². The molecule has 0 aliphatic heterocycles. The van der Waals surface area contributed by atoms with Gasteiger partial charge in [0.2, 0.25) is 5.91 Å². The number of carbonyl (C=O) groups excluding carboxylic acids is 1. The molecule has 0 saturated heterocycles. The van der Waals surface area contributed by atoms with E-state index in [0.29, 0.717) is 41.2 Å². The van der Waals surface area contributed by atoms with Crippen LogP contribution in [0.4, 0.5) is 5.69 Å². The highest BCUT2D eigenvalue weighted by molar-refractivity contribution is 5.92. The molecule has 4 aromatic rings. The van der Waals surface area contributed by atoms with E-state index in [9.17, 15) is 4.79 Å². The summed E-state index contributed by atoms with van der Waals surface area (Å²) in [7, 11) is 0. The maximum atomic E-state index is 12.3. The Bertz CT molecular complexity index is 1160. The molecule has 2 aromatic carbocycles. The quantitative estimate of drug-likeness (QED) is 0.437. The van der Waals surface area contributed by atoms with E-state index in [2.05, 4.69) is 53.4 Å². The fourth-order valence-electron chi connectivity index (χ4n) is 3.40. The van der Waals surface area contributed by atoms with Crippen LogP contribution in [-0.2, 0) is 17.6 Å². The maximum Gasteiger partial charge on any atom is 0.224 e. The topological polar surface area (TPSA) is 81.2 Å². The van der Waals surface area contributed by atoms with E-state index in [1.807, 2.05) is 0 Å². The third kappa shape index (κ3) is 4.76. The van der Waals surface area contributed by atoms with Crippen LogP contribution in [0.15, 0.2) is 57.5 Å². The van der Waals surface area contributed by atoms with Crippen molar-refractivity contribution in [3.63, 3.8) is 0 Å². The van der Waals surface area contributed by atoms with Crippen molar-refractivity contribution in [1.82, 2.24) is 9.97 Å². The van der Waals surface area contributed by atoms with Crippen LogP contribution in [0.25, 0.3) is 22.4 Å². The molecule has 0 bridgehead atoms. The van der Waals surface area contributed by atoms with Gasteiger partial charge in [-0.15, -0.1) is 0 Å². The molecule has 0 aliphatic carbocycles. The van der Waals surface area contributed by atoms with Crippen molar-refractivity contribution in [2.24, 2.45) is 5.92 Å². The number of aromatic nitrogens is 2. The van der Waals surface area contributed by atoms with Crippen LogP contribution < -0.4 is 5.32 Å². The molecule has 0 aliphatic rings. The van der Waals surface area contributed by atoms with Gasteiger partial charge >= 0.3 is 0 Å². The molecule has 1 N–H and O–H groups in total. The molecule has 0 atom stereocenters. The van der Waals surface area contributed by atoms with E-state index in [1.165, 1.54) is 5.56 Å². The van der Waals surface area contributed by atoms with E-state index in [4.69, 9.17) is 8.83 Å². The molecular formula is C24H25N3O3. The predicted molar refractivity (Wildman–Crippen MR) is 116 cm³/mol. The molecule has 6 heteroatoms. The molecule has 4 rings (SSSR count). The fourth-order valence-corrected chi connectivity index (χ4v) is 3.40. The number of aryl methyl sites for hydroxylation is 2. The SMILES string of the molecule is Cc1nc2cc(NC(=O)CCc3ncc(-c4ccc(CC(C)C)cc4)o3)ccc2o1. The summed E-state index contributed by atoms with van der Waals surface area (Å²) in [4.78, 5) is 20.9. The van der Waals surface area contributed by atoms with Crippen molar-refractivity contribution in [2.45, 2.75) is 40.0 Å². The zero-order valence-electron chi connectivity index (χ0n) is 17.4. The van der Waals surface area contributed by atoms with Crippen molar-refractivity contribution < 1.29 is 13.6 Å². The lowest BCUT2D eigenvalue weighted by molar-refractivity contribution is -0.116. The standard InChI is InChI=1S/C24H25N3O3/c1-15(2)12-17-4-6-18(7-5-17)22-14-25-24(30-22)11-10-23(28)27-19-8-9-21-20(13-19)26-16(3)29-21/h4-9,13-15H,10-12H2,1-3H3,(H,27,28). The first-order chi connectivity index (χ1) is 14.5. The van der Waals surface area contributed by atoms with Gasteiger partial charge in [-0.3, -0.25) is 4.79 Å². The van der Waals surface area contributed by atoms with E-state index < -0.39 is 0 Å². The minimum atomic E-state index is -0.104. The van der Waals surface area contributed by atoms with Crippen molar-refractivity contribution in [3.05, 3.63) is 66.0 Å². The Labute approximate surface area is 175 Å². The summed E-state index contributed by atoms with van der Waals surface area (Å²) in [5, 5.41) is 2.88. The lowest BCUT2D eigenvalue weighted by Crippen LogP contribution is -2.12. The lowest BCUT2D eigenvalue weighted by atomic mass is 10.0.